The lowest BCUT2D eigenvalue weighted by molar-refractivity contribution is -0.136. The summed E-state index contributed by atoms with van der Waals surface area (Å²) in [6.07, 6.45) is 11.8. The van der Waals surface area contributed by atoms with Gasteiger partial charge in [-0.1, -0.05) is 25.3 Å². The van der Waals surface area contributed by atoms with Crippen LogP contribution in [0.5, 0.6) is 0 Å². The van der Waals surface area contributed by atoms with E-state index in [0.29, 0.717) is 18.3 Å². The van der Waals surface area contributed by atoms with Crippen LogP contribution in [0.3, 0.4) is 0 Å². The Kier molecular flexibility index (Phi) is 4.41. The van der Waals surface area contributed by atoms with Gasteiger partial charge in [0.25, 0.3) is 5.56 Å². The first-order chi connectivity index (χ1) is 13.6. The van der Waals surface area contributed by atoms with Crippen molar-refractivity contribution in [2.75, 3.05) is 13.1 Å². The first-order valence-electron chi connectivity index (χ1n) is 10.8. The molecule has 2 aromatic heterocycles. The standard InChI is InChI=1S/C23H29N3O2/c27-21-8-6-7-20-19-13-18(16-26(20)21)15-24(17-19)22(28)14-23(9-2-1-3-10-23)25-11-4-5-12-25/h4-8,11-12,18-19H,1-3,9-10,13-17H2/t18-,19+/m1/s1. The summed E-state index contributed by atoms with van der Waals surface area (Å²) in [5, 5.41) is 0. The summed E-state index contributed by atoms with van der Waals surface area (Å²) < 4.78 is 4.23. The molecule has 1 amide bonds. The monoisotopic (exact) mass is 379 g/mol. The van der Waals surface area contributed by atoms with Crippen molar-refractivity contribution in [1.29, 1.82) is 0 Å². The van der Waals surface area contributed by atoms with E-state index >= 15 is 0 Å². The fourth-order valence-electron chi connectivity index (χ4n) is 5.88. The highest BCUT2D eigenvalue weighted by molar-refractivity contribution is 5.77. The summed E-state index contributed by atoms with van der Waals surface area (Å²) in [6, 6.07) is 9.72. The number of likely N-dealkylation sites (tertiary alicyclic amines) is 1. The maximum absolute atomic E-state index is 13.4. The molecule has 3 aliphatic rings. The van der Waals surface area contributed by atoms with Crippen molar-refractivity contribution in [3.05, 3.63) is 58.8 Å². The molecule has 2 fully saturated rings. The van der Waals surface area contributed by atoms with E-state index in [9.17, 15) is 9.59 Å². The van der Waals surface area contributed by atoms with E-state index in [2.05, 4.69) is 40.1 Å². The van der Waals surface area contributed by atoms with Crippen molar-refractivity contribution in [2.45, 2.75) is 62.9 Å². The number of carbonyl (C=O) groups excluding carboxylic acids is 1. The Morgan fingerprint density at radius 2 is 1.79 bits per heavy atom. The molecule has 0 aromatic carbocycles. The minimum Gasteiger partial charge on any atom is -0.348 e. The molecule has 2 atom stereocenters. The van der Waals surface area contributed by atoms with Gasteiger partial charge in [0, 0.05) is 49.7 Å². The van der Waals surface area contributed by atoms with Crippen LogP contribution < -0.4 is 5.56 Å². The van der Waals surface area contributed by atoms with Gasteiger partial charge in [0.05, 0.1) is 12.0 Å². The molecular weight excluding hydrogens is 350 g/mol. The van der Waals surface area contributed by atoms with Crippen LogP contribution in [-0.2, 0) is 16.9 Å². The molecule has 5 heteroatoms. The summed E-state index contributed by atoms with van der Waals surface area (Å²) in [4.78, 5) is 27.7. The number of aromatic nitrogens is 2. The number of carbonyl (C=O) groups is 1. The third-order valence-corrected chi connectivity index (χ3v) is 7.25. The lowest BCUT2D eigenvalue weighted by atomic mass is 9.78. The van der Waals surface area contributed by atoms with Gasteiger partial charge in [-0.15, -0.1) is 0 Å². The van der Waals surface area contributed by atoms with E-state index in [1.807, 2.05) is 10.6 Å². The highest BCUT2D eigenvalue weighted by atomic mass is 16.2. The second-order valence-electron chi connectivity index (χ2n) is 9.05. The Morgan fingerprint density at radius 3 is 2.57 bits per heavy atom. The first kappa shape index (κ1) is 17.8. The predicted octanol–water partition coefficient (Wildman–Crippen LogP) is 3.35. The smallest absolute Gasteiger partial charge is 0.250 e. The van der Waals surface area contributed by atoms with E-state index < -0.39 is 0 Å². The lowest BCUT2D eigenvalue weighted by Crippen LogP contribution is -2.51. The topological polar surface area (TPSA) is 47.2 Å². The van der Waals surface area contributed by atoms with Gasteiger partial charge in [-0.2, -0.15) is 0 Å². The summed E-state index contributed by atoms with van der Waals surface area (Å²) in [7, 11) is 0. The van der Waals surface area contributed by atoms with Crippen molar-refractivity contribution < 1.29 is 4.79 Å². The number of fused-ring (bicyclic) bond motifs is 4. The van der Waals surface area contributed by atoms with Gasteiger partial charge in [-0.05, 0) is 43.4 Å². The molecule has 2 aromatic rings. The van der Waals surface area contributed by atoms with E-state index in [0.717, 1.165) is 44.6 Å². The Balaban J connectivity index is 1.37. The molecule has 1 aliphatic carbocycles. The van der Waals surface area contributed by atoms with Gasteiger partial charge in [-0.3, -0.25) is 9.59 Å². The molecule has 2 bridgehead atoms. The van der Waals surface area contributed by atoms with E-state index in [1.54, 1.807) is 6.07 Å². The predicted molar refractivity (Wildman–Crippen MR) is 108 cm³/mol. The highest BCUT2D eigenvalue weighted by Gasteiger charge is 2.40. The maximum Gasteiger partial charge on any atom is 0.250 e. The van der Waals surface area contributed by atoms with Crippen LogP contribution in [0.4, 0.5) is 0 Å². The average Bonchev–Trinajstić information content (AvgIpc) is 3.25. The highest BCUT2D eigenvalue weighted by Crippen LogP contribution is 2.40. The van der Waals surface area contributed by atoms with Gasteiger partial charge >= 0.3 is 0 Å². The summed E-state index contributed by atoms with van der Waals surface area (Å²) in [5.41, 5.74) is 1.15. The Bertz CT molecular complexity index is 908. The van der Waals surface area contributed by atoms with Crippen LogP contribution in [0.25, 0.3) is 0 Å². The molecule has 4 heterocycles. The first-order valence-corrected chi connectivity index (χ1v) is 10.8. The largest absolute Gasteiger partial charge is 0.348 e. The third kappa shape index (κ3) is 3.01. The molecule has 0 radical (unpaired) electrons. The minimum atomic E-state index is -0.0553. The molecule has 0 spiro atoms. The number of pyridine rings is 1. The Hall–Kier alpha value is -2.30. The quantitative estimate of drug-likeness (QED) is 0.821. The second-order valence-corrected chi connectivity index (χ2v) is 9.05. The van der Waals surface area contributed by atoms with Gasteiger partial charge in [0.2, 0.25) is 5.91 Å². The molecule has 2 aliphatic heterocycles. The number of hydrogen-bond acceptors (Lipinski definition) is 2. The maximum atomic E-state index is 13.4. The van der Waals surface area contributed by atoms with Crippen molar-refractivity contribution in [3.63, 3.8) is 0 Å². The number of amides is 1. The van der Waals surface area contributed by atoms with E-state index in [1.165, 1.54) is 19.3 Å². The lowest BCUT2D eigenvalue weighted by Gasteiger charge is -2.45. The molecule has 1 saturated carbocycles. The zero-order valence-electron chi connectivity index (χ0n) is 16.4. The van der Waals surface area contributed by atoms with Gasteiger partial charge in [0.1, 0.15) is 0 Å². The average molecular weight is 380 g/mol. The van der Waals surface area contributed by atoms with E-state index in [4.69, 9.17) is 0 Å². The third-order valence-electron chi connectivity index (χ3n) is 7.25. The Labute approximate surface area is 166 Å². The molecule has 5 nitrogen and oxygen atoms in total. The molecule has 28 heavy (non-hydrogen) atoms. The SMILES string of the molecule is O=C(CC1(n2cccc2)CCCCC1)N1C[C@H]2C[C@@H](C1)c1cccc(=O)n1C2. The molecule has 1 saturated heterocycles. The van der Waals surface area contributed by atoms with Crippen molar-refractivity contribution in [2.24, 2.45) is 5.92 Å². The Morgan fingerprint density at radius 1 is 1.00 bits per heavy atom. The number of rotatable bonds is 3. The molecule has 5 rings (SSSR count). The number of piperidine rings is 1. The van der Waals surface area contributed by atoms with Gasteiger partial charge < -0.3 is 14.0 Å². The molecule has 148 valence electrons. The van der Waals surface area contributed by atoms with Crippen LogP contribution in [0.2, 0.25) is 0 Å². The van der Waals surface area contributed by atoms with Gasteiger partial charge in [-0.25, -0.2) is 0 Å². The fourth-order valence-corrected chi connectivity index (χ4v) is 5.88. The molecule has 0 unspecified atom stereocenters. The van der Waals surface area contributed by atoms with Crippen LogP contribution in [-0.4, -0.2) is 33.0 Å². The van der Waals surface area contributed by atoms with Gasteiger partial charge in [0.15, 0.2) is 0 Å². The van der Waals surface area contributed by atoms with Crippen LogP contribution >= 0.6 is 0 Å². The zero-order valence-corrected chi connectivity index (χ0v) is 16.4. The van der Waals surface area contributed by atoms with Crippen molar-refractivity contribution in [3.8, 4) is 0 Å². The normalized spacial score (nSPS) is 25.9. The van der Waals surface area contributed by atoms with Crippen molar-refractivity contribution >= 4 is 5.91 Å². The van der Waals surface area contributed by atoms with Crippen LogP contribution in [0.15, 0.2) is 47.5 Å². The van der Waals surface area contributed by atoms with Crippen LogP contribution in [0, 0.1) is 5.92 Å². The van der Waals surface area contributed by atoms with Crippen molar-refractivity contribution in [1.82, 2.24) is 14.0 Å². The zero-order chi connectivity index (χ0) is 19.1. The number of nitrogens with zero attached hydrogens (tertiary/aromatic N) is 3. The fraction of sp³-hybridized carbons (Fsp3) is 0.565. The second kappa shape index (κ2) is 6.94. The minimum absolute atomic E-state index is 0.0553. The molecule has 0 N–H and O–H groups in total. The van der Waals surface area contributed by atoms with E-state index in [-0.39, 0.29) is 17.0 Å². The summed E-state index contributed by atoms with van der Waals surface area (Å²) >= 11 is 0. The number of hydrogen-bond donors (Lipinski definition) is 0. The summed E-state index contributed by atoms with van der Waals surface area (Å²) in [6.45, 7) is 2.29. The molecular formula is C23H29N3O2. The summed E-state index contributed by atoms with van der Waals surface area (Å²) in [5.74, 6) is 0.973. The van der Waals surface area contributed by atoms with Crippen LogP contribution in [0.1, 0.15) is 56.6 Å².